The Balaban J connectivity index is 1.60. The maximum absolute atomic E-state index is 12.1. The predicted molar refractivity (Wildman–Crippen MR) is 97.0 cm³/mol. The lowest BCUT2D eigenvalue weighted by Gasteiger charge is -2.15. The third-order valence-electron chi connectivity index (χ3n) is 4.38. The van der Waals surface area contributed by atoms with Crippen LogP contribution in [0.2, 0.25) is 0 Å². The molecule has 1 aliphatic heterocycles. The molecule has 0 saturated carbocycles. The summed E-state index contributed by atoms with van der Waals surface area (Å²) in [6, 6.07) is 12.6. The Kier molecular flexibility index (Phi) is 4.35. The van der Waals surface area contributed by atoms with Crippen LogP contribution in [-0.2, 0) is 16.8 Å². The number of ether oxygens (including phenoxy) is 1. The van der Waals surface area contributed by atoms with Crippen molar-refractivity contribution in [2.24, 2.45) is 0 Å². The first kappa shape index (κ1) is 16.8. The van der Waals surface area contributed by atoms with E-state index in [1.807, 2.05) is 44.2 Å². The number of carbonyl (C=O) groups excluding carboxylic acids is 2. The van der Waals surface area contributed by atoms with Crippen molar-refractivity contribution >= 4 is 23.3 Å². The molecule has 0 bridgehead atoms. The highest BCUT2D eigenvalue weighted by molar-refractivity contribution is 6.06. The molecular formula is C19H21N3O3. The summed E-state index contributed by atoms with van der Waals surface area (Å²) in [4.78, 5) is 24.0. The maximum Gasteiger partial charge on any atom is 0.319 e. The molecule has 0 aliphatic carbocycles. The zero-order chi connectivity index (χ0) is 18.0. The minimum Gasteiger partial charge on any atom is -0.497 e. The second-order valence-electron chi connectivity index (χ2n) is 6.50. The second-order valence-corrected chi connectivity index (χ2v) is 6.50. The van der Waals surface area contributed by atoms with Gasteiger partial charge in [-0.3, -0.25) is 4.79 Å². The normalized spacial score (nSPS) is 14.4. The lowest BCUT2D eigenvalue weighted by atomic mass is 9.86. The van der Waals surface area contributed by atoms with Gasteiger partial charge in [0.05, 0.1) is 12.5 Å². The van der Waals surface area contributed by atoms with Crippen molar-refractivity contribution in [2.75, 3.05) is 17.7 Å². The number of fused-ring (bicyclic) bond motifs is 1. The van der Waals surface area contributed by atoms with Gasteiger partial charge in [-0.05, 0) is 49.2 Å². The number of hydrogen-bond acceptors (Lipinski definition) is 3. The highest BCUT2D eigenvalue weighted by Gasteiger charge is 2.38. The van der Waals surface area contributed by atoms with Gasteiger partial charge in [-0.2, -0.15) is 0 Å². The summed E-state index contributed by atoms with van der Waals surface area (Å²) in [5.74, 6) is 0.736. The Morgan fingerprint density at radius 1 is 1.16 bits per heavy atom. The molecule has 2 aromatic rings. The van der Waals surface area contributed by atoms with E-state index in [2.05, 4.69) is 16.0 Å². The quantitative estimate of drug-likeness (QED) is 0.800. The van der Waals surface area contributed by atoms with E-state index in [9.17, 15) is 9.59 Å². The first-order valence-electron chi connectivity index (χ1n) is 8.04. The number of hydrogen-bond donors (Lipinski definition) is 3. The molecule has 1 heterocycles. The molecule has 0 atom stereocenters. The molecule has 3 N–H and O–H groups in total. The van der Waals surface area contributed by atoms with Gasteiger partial charge >= 0.3 is 6.03 Å². The van der Waals surface area contributed by atoms with Gasteiger partial charge in [-0.15, -0.1) is 0 Å². The molecule has 0 aromatic heterocycles. The van der Waals surface area contributed by atoms with Crippen molar-refractivity contribution in [3.05, 3.63) is 53.6 Å². The summed E-state index contributed by atoms with van der Waals surface area (Å²) in [5.41, 5.74) is 2.72. The molecular weight excluding hydrogens is 318 g/mol. The molecule has 6 heteroatoms. The van der Waals surface area contributed by atoms with Crippen molar-refractivity contribution < 1.29 is 14.3 Å². The number of nitrogens with one attached hydrogen (secondary N) is 3. The summed E-state index contributed by atoms with van der Waals surface area (Å²) in [6.07, 6.45) is 0. The van der Waals surface area contributed by atoms with Gasteiger partial charge in [-0.25, -0.2) is 4.79 Å². The topological polar surface area (TPSA) is 79.5 Å². The fourth-order valence-electron chi connectivity index (χ4n) is 2.77. The first-order chi connectivity index (χ1) is 11.9. The molecule has 130 valence electrons. The van der Waals surface area contributed by atoms with E-state index >= 15 is 0 Å². The monoisotopic (exact) mass is 339 g/mol. The smallest absolute Gasteiger partial charge is 0.319 e. The van der Waals surface area contributed by atoms with Gasteiger partial charge in [0.25, 0.3) is 0 Å². The minimum atomic E-state index is -0.551. The van der Waals surface area contributed by atoms with Crippen LogP contribution in [0.3, 0.4) is 0 Å². The fourth-order valence-corrected chi connectivity index (χ4v) is 2.77. The molecule has 0 unspecified atom stereocenters. The second kappa shape index (κ2) is 6.47. The van der Waals surface area contributed by atoms with E-state index < -0.39 is 5.41 Å². The zero-order valence-corrected chi connectivity index (χ0v) is 14.5. The van der Waals surface area contributed by atoms with Gasteiger partial charge in [-0.1, -0.05) is 18.2 Å². The van der Waals surface area contributed by atoms with Crippen LogP contribution in [-0.4, -0.2) is 19.0 Å². The number of anilines is 2. The minimum absolute atomic E-state index is 0.0383. The Morgan fingerprint density at radius 3 is 2.56 bits per heavy atom. The Bertz CT molecular complexity index is 813. The molecule has 0 fully saturated rings. The summed E-state index contributed by atoms with van der Waals surface area (Å²) in [6.45, 7) is 4.16. The molecule has 3 amide bonds. The van der Waals surface area contributed by atoms with Gasteiger partial charge in [0.2, 0.25) is 5.91 Å². The predicted octanol–water partition coefficient (Wildman–Crippen LogP) is 3.25. The van der Waals surface area contributed by atoms with Crippen LogP contribution >= 0.6 is 0 Å². The molecule has 0 spiro atoms. The summed E-state index contributed by atoms with van der Waals surface area (Å²) < 4.78 is 5.10. The van der Waals surface area contributed by atoms with Crippen LogP contribution in [0.25, 0.3) is 0 Å². The average molecular weight is 339 g/mol. The van der Waals surface area contributed by atoms with E-state index in [-0.39, 0.29) is 11.9 Å². The largest absolute Gasteiger partial charge is 0.497 e. The molecule has 0 radical (unpaired) electrons. The SMILES string of the molecule is COc1ccc(CNC(=O)Nc2ccc3c(c2)NC(=O)C3(C)C)cc1. The summed E-state index contributed by atoms with van der Waals surface area (Å²) in [5, 5.41) is 8.43. The van der Waals surface area contributed by atoms with Crippen LogP contribution in [0.1, 0.15) is 25.0 Å². The van der Waals surface area contributed by atoms with Crippen molar-refractivity contribution in [3.8, 4) is 5.75 Å². The van der Waals surface area contributed by atoms with Crippen molar-refractivity contribution in [1.29, 1.82) is 0 Å². The van der Waals surface area contributed by atoms with Gasteiger partial charge in [0.15, 0.2) is 0 Å². The summed E-state index contributed by atoms with van der Waals surface area (Å²) in [7, 11) is 1.61. The molecule has 3 rings (SSSR count). The van der Waals surface area contributed by atoms with Crippen LogP contribution in [0, 0.1) is 0 Å². The third-order valence-corrected chi connectivity index (χ3v) is 4.38. The molecule has 2 aromatic carbocycles. The Hall–Kier alpha value is -3.02. The Labute approximate surface area is 146 Å². The van der Waals surface area contributed by atoms with Crippen LogP contribution < -0.4 is 20.7 Å². The van der Waals surface area contributed by atoms with Crippen molar-refractivity contribution in [1.82, 2.24) is 5.32 Å². The number of benzene rings is 2. The van der Waals surface area contributed by atoms with Crippen LogP contribution in [0.5, 0.6) is 5.75 Å². The van der Waals surface area contributed by atoms with Gasteiger partial charge in [0.1, 0.15) is 5.75 Å². The molecule has 6 nitrogen and oxygen atoms in total. The first-order valence-corrected chi connectivity index (χ1v) is 8.04. The van der Waals surface area contributed by atoms with Crippen LogP contribution in [0.4, 0.5) is 16.2 Å². The van der Waals surface area contributed by atoms with Crippen molar-refractivity contribution in [3.63, 3.8) is 0 Å². The number of amides is 3. The third kappa shape index (κ3) is 3.42. The number of rotatable bonds is 4. The van der Waals surface area contributed by atoms with E-state index in [0.29, 0.717) is 12.2 Å². The highest BCUT2D eigenvalue weighted by atomic mass is 16.5. The van der Waals surface area contributed by atoms with E-state index in [0.717, 1.165) is 22.6 Å². The van der Waals surface area contributed by atoms with E-state index in [1.54, 1.807) is 19.2 Å². The van der Waals surface area contributed by atoms with Crippen molar-refractivity contribution in [2.45, 2.75) is 25.8 Å². The maximum atomic E-state index is 12.1. The lowest BCUT2D eigenvalue weighted by molar-refractivity contribution is -0.119. The zero-order valence-electron chi connectivity index (χ0n) is 14.5. The van der Waals surface area contributed by atoms with E-state index in [1.165, 1.54) is 0 Å². The van der Waals surface area contributed by atoms with E-state index in [4.69, 9.17) is 4.74 Å². The number of methoxy groups -OCH3 is 1. The molecule has 0 saturated heterocycles. The summed E-state index contributed by atoms with van der Waals surface area (Å²) >= 11 is 0. The molecule has 25 heavy (non-hydrogen) atoms. The number of carbonyl (C=O) groups is 2. The fraction of sp³-hybridized carbons (Fsp3) is 0.263. The lowest BCUT2D eigenvalue weighted by Crippen LogP contribution is -2.28. The Morgan fingerprint density at radius 2 is 1.88 bits per heavy atom. The average Bonchev–Trinajstić information content (AvgIpc) is 2.82. The van der Waals surface area contributed by atoms with Gasteiger partial charge < -0.3 is 20.7 Å². The highest BCUT2D eigenvalue weighted by Crippen LogP contribution is 2.38. The molecule has 1 aliphatic rings. The standard InChI is InChI=1S/C19H21N3O3/c1-19(2)15-9-6-13(10-16(15)22-17(19)23)21-18(24)20-11-12-4-7-14(25-3)8-5-12/h4-10H,11H2,1-3H3,(H,22,23)(H2,20,21,24). The van der Waals surface area contributed by atoms with Crippen LogP contribution in [0.15, 0.2) is 42.5 Å². The number of urea groups is 1. The van der Waals surface area contributed by atoms with Gasteiger partial charge in [0, 0.05) is 17.9 Å².